The summed E-state index contributed by atoms with van der Waals surface area (Å²) in [5.74, 6) is 0. The molecule has 4 heteroatoms. The summed E-state index contributed by atoms with van der Waals surface area (Å²) < 4.78 is 0. The molecule has 2 rings (SSSR count). The zero-order chi connectivity index (χ0) is 12.1. The molecule has 1 fully saturated rings. The number of hydrogen-bond donors (Lipinski definition) is 1. The molecule has 1 saturated heterocycles. The first-order valence-corrected chi connectivity index (χ1v) is 6.25. The second-order valence-corrected chi connectivity index (χ2v) is 4.43. The zero-order valence-electron chi connectivity index (χ0n) is 10.2. The summed E-state index contributed by atoms with van der Waals surface area (Å²) in [4.78, 5) is 12.7. The SMILES string of the molecule is CCNC1CCN(c2ccc(N=O)cc2)CC1. The molecule has 4 nitrogen and oxygen atoms in total. The van der Waals surface area contributed by atoms with Crippen LogP contribution in [0.5, 0.6) is 0 Å². The average molecular weight is 233 g/mol. The topological polar surface area (TPSA) is 44.7 Å². The van der Waals surface area contributed by atoms with E-state index in [9.17, 15) is 4.91 Å². The Kier molecular flexibility index (Phi) is 4.09. The van der Waals surface area contributed by atoms with E-state index in [1.165, 1.54) is 18.5 Å². The highest BCUT2D eigenvalue weighted by Crippen LogP contribution is 2.22. The summed E-state index contributed by atoms with van der Waals surface area (Å²) in [6, 6.07) is 8.17. The van der Waals surface area contributed by atoms with E-state index in [0.717, 1.165) is 19.6 Å². The predicted molar refractivity (Wildman–Crippen MR) is 70.8 cm³/mol. The molecule has 0 spiro atoms. The van der Waals surface area contributed by atoms with Crippen LogP contribution in [0, 0.1) is 4.91 Å². The van der Waals surface area contributed by atoms with Gasteiger partial charge >= 0.3 is 0 Å². The number of piperidine rings is 1. The van der Waals surface area contributed by atoms with Gasteiger partial charge in [0, 0.05) is 24.8 Å². The summed E-state index contributed by atoms with van der Waals surface area (Å²) in [7, 11) is 0. The Balaban J connectivity index is 1.93. The Morgan fingerprint density at radius 1 is 1.29 bits per heavy atom. The van der Waals surface area contributed by atoms with E-state index in [1.807, 2.05) is 12.1 Å². The van der Waals surface area contributed by atoms with Crippen molar-refractivity contribution < 1.29 is 0 Å². The molecule has 0 unspecified atom stereocenters. The fourth-order valence-electron chi connectivity index (χ4n) is 2.35. The molecule has 1 aliphatic rings. The van der Waals surface area contributed by atoms with Gasteiger partial charge in [0.25, 0.3) is 0 Å². The molecule has 0 aliphatic carbocycles. The third kappa shape index (κ3) is 3.03. The summed E-state index contributed by atoms with van der Waals surface area (Å²) in [6.45, 7) is 5.35. The minimum Gasteiger partial charge on any atom is -0.371 e. The maximum atomic E-state index is 10.3. The molecule has 0 saturated carbocycles. The number of benzene rings is 1. The molecule has 1 N–H and O–H groups in total. The van der Waals surface area contributed by atoms with E-state index in [2.05, 4.69) is 22.3 Å². The molecule has 0 aromatic heterocycles. The van der Waals surface area contributed by atoms with Gasteiger partial charge in [-0.3, -0.25) is 0 Å². The zero-order valence-corrected chi connectivity index (χ0v) is 10.2. The highest BCUT2D eigenvalue weighted by Gasteiger charge is 2.18. The molecular weight excluding hydrogens is 214 g/mol. The second kappa shape index (κ2) is 5.77. The second-order valence-electron chi connectivity index (χ2n) is 4.43. The van der Waals surface area contributed by atoms with Crippen LogP contribution in [0.4, 0.5) is 11.4 Å². The van der Waals surface area contributed by atoms with Crippen molar-refractivity contribution in [2.45, 2.75) is 25.8 Å². The molecule has 92 valence electrons. The molecule has 0 bridgehead atoms. The summed E-state index contributed by atoms with van der Waals surface area (Å²) in [6.07, 6.45) is 2.36. The van der Waals surface area contributed by atoms with Gasteiger partial charge in [-0.05, 0) is 48.8 Å². The number of hydrogen-bond acceptors (Lipinski definition) is 4. The van der Waals surface area contributed by atoms with Gasteiger partial charge in [0.05, 0.1) is 0 Å². The van der Waals surface area contributed by atoms with Gasteiger partial charge in [0.15, 0.2) is 0 Å². The van der Waals surface area contributed by atoms with Gasteiger partial charge in [-0.2, -0.15) is 0 Å². The van der Waals surface area contributed by atoms with Crippen LogP contribution in [0.2, 0.25) is 0 Å². The number of nitrogens with zero attached hydrogens (tertiary/aromatic N) is 2. The quantitative estimate of drug-likeness (QED) is 0.813. The van der Waals surface area contributed by atoms with Crippen molar-refractivity contribution in [3.8, 4) is 0 Å². The lowest BCUT2D eigenvalue weighted by molar-refractivity contribution is 0.424. The van der Waals surface area contributed by atoms with Crippen LogP contribution in [0.1, 0.15) is 19.8 Å². The number of nitroso groups, excluding NO2 is 1. The van der Waals surface area contributed by atoms with Gasteiger partial charge < -0.3 is 10.2 Å². The van der Waals surface area contributed by atoms with Crippen molar-refractivity contribution >= 4 is 11.4 Å². The molecule has 17 heavy (non-hydrogen) atoms. The van der Waals surface area contributed by atoms with Crippen molar-refractivity contribution in [1.29, 1.82) is 0 Å². The van der Waals surface area contributed by atoms with Crippen LogP contribution in [0.3, 0.4) is 0 Å². The maximum absolute atomic E-state index is 10.3. The Morgan fingerprint density at radius 2 is 1.94 bits per heavy atom. The lowest BCUT2D eigenvalue weighted by Gasteiger charge is -2.33. The monoisotopic (exact) mass is 233 g/mol. The van der Waals surface area contributed by atoms with Gasteiger partial charge in [-0.1, -0.05) is 6.92 Å². The lowest BCUT2D eigenvalue weighted by atomic mass is 10.0. The van der Waals surface area contributed by atoms with Crippen molar-refractivity contribution in [3.05, 3.63) is 29.2 Å². The van der Waals surface area contributed by atoms with Crippen LogP contribution < -0.4 is 10.2 Å². The Hall–Kier alpha value is -1.42. The van der Waals surface area contributed by atoms with Crippen LogP contribution in [0.15, 0.2) is 29.4 Å². The van der Waals surface area contributed by atoms with Crippen molar-refractivity contribution in [2.24, 2.45) is 5.18 Å². The molecule has 1 heterocycles. The fourth-order valence-corrected chi connectivity index (χ4v) is 2.35. The first-order chi connectivity index (χ1) is 8.33. The number of rotatable bonds is 4. The third-order valence-electron chi connectivity index (χ3n) is 3.31. The van der Waals surface area contributed by atoms with Crippen LogP contribution >= 0.6 is 0 Å². The molecule has 1 aromatic carbocycles. The molecule has 0 radical (unpaired) electrons. The normalized spacial score (nSPS) is 17.1. The molecule has 0 atom stereocenters. The Bertz CT molecular complexity index is 355. The standard InChI is InChI=1S/C13H19N3O/c1-2-14-11-7-9-16(10-8-11)13-5-3-12(15-17)4-6-13/h3-6,11,14H,2,7-10H2,1H3. The number of nitrogens with one attached hydrogen (secondary N) is 1. The number of anilines is 1. The highest BCUT2D eigenvalue weighted by molar-refractivity contribution is 5.52. The summed E-state index contributed by atoms with van der Waals surface area (Å²) >= 11 is 0. The van der Waals surface area contributed by atoms with Gasteiger partial charge in [0.2, 0.25) is 0 Å². The molecule has 1 aromatic rings. The third-order valence-corrected chi connectivity index (χ3v) is 3.31. The van der Waals surface area contributed by atoms with E-state index < -0.39 is 0 Å². The molecule has 1 aliphatic heterocycles. The van der Waals surface area contributed by atoms with Crippen LogP contribution in [-0.2, 0) is 0 Å². The van der Waals surface area contributed by atoms with E-state index in [-0.39, 0.29) is 0 Å². The van der Waals surface area contributed by atoms with E-state index in [0.29, 0.717) is 11.7 Å². The van der Waals surface area contributed by atoms with Gasteiger partial charge in [0.1, 0.15) is 5.69 Å². The highest BCUT2D eigenvalue weighted by atomic mass is 16.3. The van der Waals surface area contributed by atoms with E-state index >= 15 is 0 Å². The fraction of sp³-hybridized carbons (Fsp3) is 0.538. The van der Waals surface area contributed by atoms with Crippen molar-refractivity contribution in [3.63, 3.8) is 0 Å². The van der Waals surface area contributed by atoms with Crippen molar-refractivity contribution in [1.82, 2.24) is 5.32 Å². The largest absolute Gasteiger partial charge is 0.371 e. The maximum Gasteiger partial charge on any atom is 0.108 e. The minimum absolute atomic E-state index is 0.497. The minimum atomic E-state index is 0.497. The van der Waals surface area contributed by atoms with Gasteiger partial charge in [-0.25, -0.2) is 0 Å². The average Bonchev–Trinajstić information content (AvgIpc) is 2.40. The van der Waals surface area contributed by atoms with E-state index in [1.54, 1.807) is 12.1 Å². The van der Waals surface area contributed by atoms with Crippen LogP contribution in [-0.4, -0.2) is 25.7 Å². The van der Waals surface area contributed by atoms with Crippen LogP contribution in [0.25, 0.3) is 0 Å². The first kappa shape index (κ1) is 12.0. The smallest absolute Gasteiger partial charge is 0.108 e. The van der Waals surface area contributed by atoms with Gasteiger partial charge in [-0.15, -0.1) is 4.91 Å². The lowest BCUT2D eigenvalue weighted by Crippen LogP contribution is -2.42. The first-order valence-electron chi connectivity index (χ1n) is 6.25. The predicted octanol–water partition coefficient (Wildman–Crippen LogP) is 2.66. The summed E-state index contributed by atoms with van der Waals surface area (Å²) in [5, 5.41) is 6.41. The van der Waals surface area contributed by atoms with E-state index in [4.69, 9.17) is 0 Å². The Labute approximate surface area is 102 Å². The Morgan fingerprint density at radius 3 is 2.47 bits per heavy atom. The van der Waals surface area contributed by atoms with Crippen molar-refractivity contribution in [2.75, 3.05) is 24.5 Å². The molecular formula is C13H19N3O. The molecule has 0 amide bonds. The summed E-state index contributed by atoms with van der Waals surface area (Å²) in [5.41, 5.74) is 1.68.